The average molecular weight is 316 g/mol. The highest BCUT2D eigenvalue weighted by molar-refractivity contribution is 7.90. The first kappa shape index (κ1) is 14.3. The Morgan fingerprint density at radius 3 is 2.23 bits per heavy atom. The highest BCUT2D eigenvalue weighted by Crippen LogP contribution is 2.31. The van der Waals surface area contributed by atoms with Gasteiger partial charge in [0.2, 0.25) is 0 Å². The van der Waals surface area contributed by atoms with Crippen LogP contribution in [0.2, 0.25) is 0 Å². The Kier molecular flexibility index (Phi) is 3.22. The van der Waals surface area contributed by atoms with E-state index in [1.54, 1.807) is 36.4 Å². The van der Waals surface area contributed by atoms with Gasteiger partial charge in [-0.2, -0.15) is 0 Å². The number of fused-ring (bicyclic) bond motifs is 1. The smallest absolute Gasteiger partial charge is 0.296 e. The van der Waals surface area contributed by atoms with E-state index < -0.39 is 22.0 Å². The molecule has 0 saturated heterocycles. The van der Waals surface area contributed by atoms with Gasteiger partial charge in [0.05, 0.1) is 5.56 Å². The molecule has 0 unspecified atom stereocenters. The van der Waals surface area contributed by atoms with E-state index >= 15 is 0 Å². The molecule has 3 rings (SSSR count). The maximum atomic E-state index is 12.5. The number of carbonyl (C=O) groups excluding carboxylic acids is 2. The van der Waals surface area contributed by atoms with Crippen molar-refractivity contribution >= 4 is 27.6 Å². The molecular weight excluding hydrogens is 304 g/mol. The fraction of sp³-hybridized carbons (Fsp3) is 0.0667. The van der Waals surface area contributed by atoms with Crippen LogP contribution < -0.4 is 4.90 Å². The largest absolute Gasteiger partial charge is 0.345 e. The van der Waals surface area contributed by atoms with Crippen molar-refractivity contribution in [3.63, 3.8) is 0 Å². The molecule has 0 fully saturated rings. The number of nitrogens with zero attached hydrogens (tertiary/aromatic N) is 2. The van der Waals surface area contributed by atoms with Gasteiger partial charge < -0.3 is 0 Å². The van der Waals surface area contributed by atoms with Crippen molar-refractivity contribution in [3.05, 3.63) is 60.2 Å². The van der Waals surface area contributed by atoms with Gasteiger partial charge in [0.1, 0.15) is 4.90 Å². The third-order valence-corrected chi connectivity index (χ3v) is 5.14. The fourth-order valence-corrected chi connectivity index (χ4v) is 3.80. The van der Waals surface area contributed by atoms with E-state index in [9.17, 15) is 18.0 Å². The SMILES string of the molecule is CN(C(=O)N1C(=O)c2ccccc2S1(=O)=O)c1ccccc1. The van der Waals surface area contributed by atoms with Gasteiger partial charge in [-0.1, -0.05) is 30.3 Å². The summed E-state index contributed by atoms with van der Waals surface area (Å²) >= 11 is 0. The molecule has 22 heavy (non-hydrogen) atoms. The first-order valence-electron chi connectivity index (χ1n) is 6.46. The third kappa shape index (κ3) is 1.98. The van der Waals surface area contributed by atoms with E-state index in [4.69, 9.17) is 0 Å². The van der Waals surface area contributed by atoms with Gasteiger partial charge in [0.15, 0.2) is 0 Å². The summed E-state index contributed by atoms with van der Waals surface area (Å²) in [5, 5.41) is 0. The predicted molar refractivity (Wildman–Crippen MR) is 80.0 cm³/mol. The Morgan fingerprint density at radius 2 is 1.59 bits per heavy atom. The maximum Gasteiger partial charge on any atom is 0.345 e. The van der Waals surface area contributed by atoms with Crippen molar-refractivity contribution in [2.75, 3.05) is 11.9 Å². The van der Waals surface area contributed by atoms with Crippen LogP contribution in [0, 0.1) is 0 Å². The molecular formula is C15H12N2O4S. The van der Waals surface area contributed by atoms with Gasteiger partial charge in [-0.3, -0.25) is 9.69 Å². The number of anilines is 1. The molecule has 2 aromatic carbocycles. The van der Waals surface area contributed by atoms with Gasteiger partial charge in [-0.25, -0.2) is 13.2 Å². The lowest BCUT2D eigenvalue weighted by Crippen LogP contribution is -2.44. The topological polar surface area (TPSA) is 74.8 Å². The summed E-state index contributed by atoms with van der Waals surface area (Å²) in [4.78, 5) is 25.8. The van der Waals surface area contributed by atoms with E-state index in [2.05, 4.69) is 0 Å². The summed E-state index contributed by atoms with van der Waals surface area (Å²) < 4.78 is 25.2. The molecule has 6 nitrogen and oxygen atoms in total. The van der Waals surface area contributed by atoms with Gasteiger partial charge in [-0.15, -0.1) is 4.31 Å². The second kappa shape index (κ2) is 4.96. The summed E-state index contributed by atoms with van der Waals surface area (Å²) in [6, 6.07) is 13.4. The Morgan fingerprint density at radius 1 is 1.00 bits per heavy atom. The summed E-state index contributed by atoms with van der Waals surface area (Å²) in [5.41, 5.74) is 0.503. The predicted octanol–water partition coefficient (Wildman–Crippen LogP) is 2.09. The van der Waals surface area contributed by atoms with Crippen molar-refractivity contribution in [2.45, 2.75) is 4.90 Å². The highest BCUT2D eigenvalue weighted by Gasteiger charge is 2.46. The number of urea groups is 1. The van der Waals surface area contributed by atoms with Crippen molar-refractivity contribution in [1.82, 2.24) is 4.31 Å². The number of benzene rings is 2. The number of amides is 3. The van der Waals surface area contributed by atoms with Gasteiger partial charge in [0.25, 0.3) is 15.9 Å². The van der Waals surface area contributed by atoms with Crippen LogP contribution in [0.5, 0.6) is 0 Å². The lowest BCUT2D eigenvalue weighted by Gasteiger charge is -2.22. The molecule has 0 aromatic heterocycles. The molecule has 1 aliphatic rings. The second-order valence-electron chi connectivity index (χ2n) is 4.75. The Labute approximate surface area is 127 Å². The van der Waals surface area contributed by atoms with Crippen molar-refractivity contribution in [3.8, 4) is 0 Å². The minimum Gasteiger partial charge on any atom is -0.296 e. The number of hydrogen-bond donors (Lipinski definition) is 0. The molecule has 0 bridgehead atoms. The molecule has 0 radical (unpaired) electrons. The maximum absolute atomic E-state index is 12.5. The van der Waals surface area contributed by atoms with E-state index in [1.807, 2.05) is 0 Å². The number of rotatable bonds is 1. The first-order valence-corrected chi connectivity index (χ1v) is 7.90. The van der Waals surface area contributed by atoms with Gasteiger partial charge in [-0.05, 0) is 24.3 Å². The zero-order valence-electron chi connectivity index (χ0n) is 11.6. The second-order valence-corrected chi connectivity index (χ2v) is 6.50. The molecule has 0 spiro atoms. The zero-order chi connectivity index (χ0) is 15.9. The molecule has 1 heterocycles. The standard InChI is InChI=1S/C15H12N2O4S/c1-16(11-7-3-2-4-8-11)15(19)17-14(18)12-9-5-6-10-13(12)22(17,20)21/h2-10H,1H3. The summed E-state index contributed by atoms with van der Waals surface area (Å²) in [6.07, 6.45) is 0. The fourth-order valence-electron chi connectivity index (χ4n) is 2.27. The average Bonchev–Trinajstić information content (AvgIpc) is 2.74. The van der Waals surface area contributed by atoms with Crippen LogP contribution >= 0.6 is 0 Å². The molecule has 0 atom stereocenters. The van der Waals surface area contributed by atoms with Crippen molar-refractivity contribution < 1.29 is 18.0 Å². The number of sulfonamides is 1. The van der Waals surface area contributed by atoms with Crippen LogP contribution in [0.4, 0.5) is 10.5 Å². The normalized spacial score (nSPS) is 15.5. The highest BCUT2D eigenvalue weighted by atomic mass is 32.2. The molecule has 7 heteroatoms. The lowest BCUT2D eigenvalue weighted by atomic mass is 10.2. The quantitative estimate of drug-likeness (QED) is 0.807. The first-order chi connectivity index (χ1) is 10.4. The van der Waals surface area contributed by atoms with E-state index in [1.165, 1.54) is 25.2 Å². The molecule has 0 saturated carbocycles. The van der Waals surface area contributed by atoms with Crippen LogP contribution in [0.3, 0.4) is 0 Å². The third-order valence-electron chi connectivity index (χ3n) is 3.42. The van der Waals surface area contributed by atoms with Crippen LogP contribution in [-0.2, 0) is 10.0 Å². The molecule has 1 aliphatic heterocycles. The lowest BCUT2D eigenvalue weighted by molar-refractivity contribution is 0.0897. The molecule has 2 aromatic rings. The minimum atomic E-state index is -4.16. The van der Waals surface area contributed by atoms with Gasteiger partial charge in [0, 0.05) is 12.7 Å². The molecule has 3 amide bonds. The van der Waals surface area contributed by atoms with Crippen LogP contribution in [-0.4, -0.2) is 31.7 Å². The molecule has 112 valence electrons. The van der Waals surface area contributed by atoms with E-state index in [0.717, 1.165) is 4.90 Å². The van der Waals surface area contributed by atoms with Gasteiger partial charge >= 0.3 is 6.03 Å². The minimum absolute atomic E-state index is 0.0114. The Balaban J connectivity index is 2.03. The number of para-hydroxylation sites is 1. The van der Waals surface area contributed by atoms with E-state index in [0.29, 0.717) is 9.99 Å². The molecule has 0 N–H and O–H groups in total. The van der Waals surface area contributed by atoms with E-state index in [-0.39, 0.29) is 10.5 Å². The number of hydrogen-bond acceptors (Lipinski definition) is 4. The molecule has 0 aliphatic carbocycles. The number of imide groups is 1. The van der Waals surface area contributed by atoms with Crippen molar-refractivity contribution in [2.24, 2.45) is 0 Å². The summed E-state index contributed by atoms with van der Waals surface area (Å²) in [7, 11) is -2.74. The summed E-state index contributed by atoms with van der Waals surface area (Å²) in [5.74, 6) is -0.830. The van der Waals surface area contributed by atoms with Crippen LogP contribution in [0.1, 0.15) is 10.4 Å². The monoisotopic (exact) mass is 316 g/mol. The van der Waals surface area contributed by atoms with Crippen LogP contribution in [0.25, 0.3) is 0 Å². The Bertz CT molecular complexity index is 862. The number of carbonyl (C=O) groups is 2. The van der Waals surface area contributed by atoms with Crippen LogP contribution in [0.15, 0.2) is 59.5 Å². The summed E-state index contributed by atoms with van der Waals surface area (Å²) in [6.45, 7) is 0. The van der Waals surface area contributed by atoms with Crippen molar-refractivity contribution in [1.29, 1.82) is 0 Å². The zero-order valence-corrected chi connectivity index (χ0v) is 12.4. The Hall–Kier alpha value is -2.67.